The molecule has 0 radical (unpaired) electrons. The van der Waals surface area contributed by atoms with E-state index in [0.717, 1.165) is 0 Å². The zero-order chi connectivity index (χ0) is 13.5. The van der Waals surface area contributed by atoms with E-state index in [1.807, 2.05) is 0 Å². The van der Waals surface area contributed by atoms with Gasteiger partial charge in [-0.15, -0.1) is 0 Å². The second-order valence-corrected chi connectivity index (χ2v) is 5.03. The number of hydrogen-bond acceptors (Lipinski definition) is 6. The summed E-state index contributed by atoms with van der Waals surface area (Å²) in [5, 5.41) is 19.0. The van der Waals surface area contributed by atoms with E-state index in [1.54, 1.807) is 13.8 Å². The summed E-state index contributed by atoms with van der Waals surface area (Å²) >= 11 is 0. The summed E-state index contributed by atoms with van der Waals surface area (Å²) in [6, 6.07) is 0. The fraction of sp³-hybridized carbons (Fsp3) is 0.833. The first kappa shape index (κ1) is 13.9. The summed E-state index contributed by atoms with van der Waals surface area (Å²) in [4.78, 5) is 0. The highest BCUT2D eigenvalue weighted by Crippen LogP contribution is 2.39. The van der Waals surface area contributed by atoms with Crippen LogP contribution in [-0.2, 0) is 18.9 Å². The molecule has 0 amide bonds. The maximum absolute atomic E-state index is 10.0. The molecule has 0 bridgehead atoms. The van der Waals surface area contributed by atoms with Crippen LogP contribution in [0.2, 0.25) is 0 Å². The average Bonchev–Trinajstić information content (AvgIpc) is 2.78. The minimum Gasteiger partial charge on any atom is -0.392 e. The van der Waals surface area contributed by atoms with Gasteiger partial charge in [0, 0.05) is 7.11 Å². The number of hydrogen-bond donors (Lipinski definition) is 2. The molecule has 5 atom stereocenters. The predicted octanol–water partition coefficient (Wildman–Crippen LogP) is -0.213. The smallest absolute Gasteiger partial charge is 0.190 e. The highest BCUT2D eigenvalue weighted by molar-refractivity contribution is 5.10. The van der Waals surface area contributed by atoms with Gasteiger partial charge in [0.1, 0.15) is 24.4 Å². The molecule has 2 aliphatic heterocycles. The summed E-state index contributed by atoms with van der Waals surface area (Å²) in [7, 11) is 1.52. The molecule has 0 saturated carbocycles. The summed E-state index contributed by atoms with van der Waals surface area (Å²) in [5.41, 5.74) is 0.279. The van der Waals surface area contributed by atoms with Crippen molar-refractivity contribution in [1.82, 2.24) is 0 Å². The van der Waals surface area contributed by atoms with Crippen molar-refractivity contribution in [1.29, 1.82) is 0 Å². The largest absolute Gasteiger partial charge is 0.392 e. The Labute approximate surface area is 106 Å². The van der Waals surface area contributed by atoms with Gasteiger partial charge < -0.3 is 29.2 Å². The number of fused-ring (bicyclic) bond motifs is 1. The third-order valence-corrected chi connectivity index (χ3v) is 3.23. The lowest BCUT2D eigenvalue weighted by Gasteiger charge is -2.28. The molecule has 2 aliphatic rings. The first-order valence-electron chi connectivity index (χ1n) is 5.90. The van der Waals surface area contributed by atoms with Gasteiger partial charge in [-0.3, -0.25) is 0 Å². The van der Waals surface area contributed by atoms with Crippen LogP contribution >= 0.6 is 0 Å². The second kappa shape index (κ2) is 4.88. The van der Waals surface area contributed by atoms with Gasteiger partial charge in [-0.1, -0.05) is 6.58 Å². The number of methoxy groups -OCH3 is 1. The first-order chi connectivity index (χ1) is 8.39. The zero-order valence-corrected chi connectivity index (χ0v) is 10.8. The SMILES string of the molecule is C=C(CO)C(O)[C@H]1O[C@@H]2OC(C)(C)O[C@@H]2[C@H]1OC. The van der Waals surface area contributed by atoms with Crippen LogP contribution in [0.4, 0.5) is 0 Å². The molecule has 2 N–H and O–H groups in total. The van der Waals surface area contributed by atoms with Crippen molar-refractivity contribution >= 4 is 0 Å². The molecule has 2 fully saturated rings. The summed E-state index contributed by atoms with van der Waals surface area (Å²) in [6.45, 7) is 6.87. The lowest BCUT2D eigenvalue weighted by Crippen LogP contribution is -2.43. The van der Waals surface area contributed by atoms with Crippen molar-refractivity contribution in [2.75, 3.05) is 13.7 Å². The Morgan fingerprint density at radius 2 is 2.11 bits per heavy atom. The molecular weight excluding hydrogens is 240 g/mol. The highest BCUT2D eigenvalue weighted by atomic mass is 16.8. The fourth-order valence-electron chi connectivity index (χ4n) is 2.35. The van der Waals surface area contributed by atoms with Crippen LogP contribution < -0.4 is 0 Å². The Morgan fingerprint density at radius 3 is 2.67 bits per heavy atom. The van der Waals surface area contributed by atoms with E-state index in [4.69, 9.17) is 24.1 Å². The molecule has 0 aromatic heterocycles. The molecule has 6 nitrogen and oxygen atoms in total. The van der Waals surface area contributed by atoms with Crippen molar-refractivity contribution in [3.8, 4) is 0 Å². The van der Waals surface area contributed by atoms with Gasteiger partial charge >= 0.3 is 0 Å². The third-order valence-electron chi connectivity index (χ3n) is 3.23. The van der Waals surface area contributed by atoms with E-state index in [1.165, 1.54) is 7.11 Å². The van der Waals surface area contributed by atoms with E-state index in [2.05, 4.69) is 6.58 Å². The lowest BCUT2D eigenvalue weighted by atomic mass is 10.0. The molecule has 0 aliphatic carbocycles. The summed E-state index contributed by atoms with van der Waals surface area (Å²) in [6.07, 6.45) is -3.09. The van der Waals surface area contributed by atoms with Crippen molar-refractivity contribution in [3.05, 3.63) is 12.2 Å². The van der Waals surface area contributed by atoms with Crippen molar-refractivity contribution in [2.45, 2.75) is 50.3 Å². The molecule has 0 aromatic rings. The molecule has 2 saturated heterocycles. The standard InChI is InChI=1S/C12H20O6/c1-6(5-13)7(14)8-9(15-4)10-11(16-8)18-12(2,3)17-10/h7-11,13-14H,1,5H2,2-4H3/t7?,8-,9+,10-,11-/m1/s1. The average molecular weight is 260 g/mol. The van der Waals surface area contributed by atoms with Crippen LogP contribution in [0.3, 0.4) is 0 Å². The Kier molecular flexibility index (Phi) is 3.77. The number of rotatable bonds is 4. The third kappa shape index (κ3) is 2.32. The van der Waals surface area contributed by atoms with E-state index in [0.29, 0.717) is 0 Å². The predicted molar refractivity (Wildman–Crippen MR) is 61.7 cm³/mol. The van der Waals surface area contributed by atoms with Crippen molar-refractivity contribution in [3.63, 3.8) is 0 Å². The highest BCUT2D eigenvalue weighted by Gasteiger charge is 2.56. The van der Waals surface area contributed by atoms with Gasteiger partial charge in [-0.2, -0.15) is 0 Å². The Morgan fingerprint density at radius 1 is 1.44 bits per heavy atom. The second-order valence-electron chi connectivity index (χ2n) is 5.03. The molecular formula is C12H20O6. The molecule has 2 heterocycles. The minimum atomic E-state index is -1.01. The van der Waals surface area contributed by atoms with E-state index in [9.17, 15) is 5.11 Å². The number of aliphatic hydroxyl groups is 2. The number of aliphatic hydroxyl groups excluding tert-OH is 2. The maximum Gasteiger partial charge on any atom is 0.190 e. The Hall–Kier alpha value is -0.500. The quantitative estimate of drug-likeness (QED) is 0.681. The van der Waals surface area contributed by atoms with Crippen LogP contribution in [0.25, 0.3) is 0 Å². The molecule has 104 valence electrons. The van der Waals surface area contributed by atoms with Gasteiger partial charge in [0.15, 0.2) is 12.1 Å². The number of ether oxygens (including phenoxy) is 4. The van der Waals surface area contributed by atoms with Gasteiger partial charge in [0.25, 0.3) is 0 Å². The molecule has 0 aromatic carbocycles. The van der Waals surface area contributed by atoms with E-state index in [-0.39, 0.29) is 12.2 Å². The Balaban J connectivity index is 2.11. The lowest BCUT2D eigenvalue weighted by molar-refractivity contribution is -0.225. The van der Waals surface area contributed by atoms with Crippen LogP contribution in [0.15, 0.2) is 12.2 Å². The molecule has 1 unspecified atom stereocenters. The summed E-state index contributed by atoms with van der Waals surface area (Å²) in [5.74, 6) is -0.726. The van der Waals surface area contributed by atoms with Crippen LogP contribution in [0.5, 0.6) is 0 Å². The van der Waals surface area contributed by atoms with Crippen molar-refractivity contribution < 1.29 is 29.2 Å². The molecule has 18 heavy (non-hydrogen) atoms. The van der Waals surface area contributed by atoms with Gasteiger partial charge in [0.05, 0.1) is 6.61 Å². The van der Waals surface area contributed by atoms with Crippen molar-refractivity contribution in [2.24, 2.45) is 0 Å². The van der Waals surface area contributed by atoms with Gasteiger partial charge in [0.2, 0.25) is 0 Å². The van der Waals surface area contributed by atoms with E-state index >= 15 is 0 Å². The maximum atomic E-state index is 10.0. The van der Waals surface area contributed by atoms with Crippen LogP contribution in [0.1, 0.15) is 13.8 Å². The summed E-state index contributed by atoms with van der Waals surface area (Å²) < 4.78 is 22.2. The van der Waals surface area contributed by atoms with E-state index < -0.39 is 36.5 Å². The van der Waals surface area contributed by atoms with Crippen LogP contribution in [0, 0.1) is 0 Å². The minimum absolute atomic E-state index is 0.279. The molecule has 0 spiro atoms. The fourth-order valence-corrected chi connectivity index (χ4v) is 2.35. The first-order valence-corrected chi connectivity index (χ1v) is 5.90. The topological polar surface area (TPSA) is 77.4 Å². The monoisotopic (exact) mass is 260 g/mol. The zero-order valence-electron chi connectivity index (χ0n) is 10.8. The molecule has 2 rings (SSSR count). The van der Waals surface area contributed by atoms with Gasteiger partial charge in [-0.05, 0) is 19.4 Å². The van der Waals surface area contributed by atoms with Crippen LogP contribution in [-0.4, -0.2) is 60.4 Å². The normalized spacial score (nSPS) is 39.6. The Bertz CT molecular complexity index is 329. The molecule has 6 heteroatoms. The van der Waals surface area contributed by atoms with Gasteiger partial charge in [-0.25, -0.2) is 0 Å².